The number of piperidine rings is 2. The summed E-state index contributed by atoms with van der Waals surface area (Å²) in [6.45, 7) is 3.04. The Hall–Kier alpha value is -2.93. The third kappa shape index (κ3) is 3.33. The van der Waals surface area contributed by atoms with Gasteiger partial charge in [-0.15, -0.1) is 4.80 Å². The van der Waals surface area contributed by atoms with E-state index in [2.05, 4.69) is 15.2 Å². The van der Waals surface area contributed by atoms with Crippen LogP contribution in [0.3, 0.4) is 0 Å². The van der Waals surface area contributed by atoms with Gasteiger partial charge in [0.15, 0.2) is 5.69 Å². The molecule has 2 aromatic heterocycles. The van der Waals surface area contributed by atoms with Crippen LogP contribution in [0, 0.1) is 12.8 Å². The Morgan fingerprint density at radius 2 is 1.90 bits per heavy atom. The molecular formula is C22H22ClN5O2. The fourth-order valence-electron chi connectivity index (χ4n) is 4.59. The average Bonchev–Trinajstić information content (AvgIpc) is 3.27. The van der Waals surface area contributed by atoms with E-state index in [1.165, 1.54) is 4.80 Å². The van der Waals surface area contributed by atoms with Crippen LogP contribution >= 0.6 is 11.6 Å². The molecule has 30 heavy (non-hydrogen) atoms. The van der Waals surface area contributed by atoms with Crippen LogP contribution in [0.25, 0.3) is 5.69 Å². The second-order valence-corrected chi connectivity index (χ2v) is 8.56. The Morgan fingerprint density at radius 1 is 1.17 bits per heavy atom. The monoisotopic (exact) mass is 423 g/mol. The second-order valence-electron chi connectivity index (χ2n) is 8.13. The van der Waals surface area contributed by atoms with Gasteiger partial charge in [0.2, 0.25) is 0 Å². The number of aromatic nitrogens is 4. The van der Waals surface area contributed by atoms with Crippen molar-refractivity contribution in [3.05, 3.63) is 65.2 Å². The predicted octanol–water partition coefficient (Wildman–Crippen LogP) is 3.70. The highest BCUT2D eigenvalue weighted by Crippen LogP contribution is 2.49. The molecule has 2 aliphatic heterocycles. The molecule has 3 fully saturated rings. The van der Waals surface area contributed by atoms with E-state index in [-0.39, 0.29) is 11.4 Å². The van der Waals surface area contributed by atoms with Crippen LogP contribution in [-0.2, 0) is 0 Å². The summed E-state index contributed by atoms with van der Waals surface area (Å²) < 4.78 is 6.08. The number of nitrogens with zero attached hydrogens (tertiary/aromatic N) is 5. The average molecular weight is 424 g/mol. The minimum atomic E-state index is -0.306. The molecular weight excluding hydrogens is 402 g/mol. The number of carbonyl (C=O) groups excluding carboxylic acids is 1. The molecule has 1 aromatic carbocycles. The molecule has 4 heterocycles. The molecule has 1 saturated carbocycles. The fraction of sp³-hybridized carbons (Fsp3) is 0.364. The summed E-state index contributed by atoms with van der Waals surface area (Å²) in [5.74, 6) is 1.31. The van der Waals surface area contributed by atoms with E-state index in [1.807, 2.05) is 48.2 Å². The smallest absolute Gasteiger partial charge is 0.275 e. The van der Waals surface area contributed by atoms with Gasteiger partial charge in [-0.1, -0.05) is 11.6 Å². The molecule has 6 rings (SSSR count). The van der Waals surface area contributed by atoms with E-state index in [0.29, 0.717) is 35.5 Å². The number of carbonyl (C=O) groups is 1. The number of hydrogen-bond acceptors (Lipinski definition) is 5. The summed E-state index contributed by atoms with van der Waals surface area (Å²) in [5, 5.41) is 9.06. The third-order valence-electron chi connectivity index (χ3n) is 6.09. The van der Waals surface area contributed by atoms with Crippen molar-refractivity contribution in [2.75, 3.05) is 13.2 Å². The molecule has 0 radical (unpaired) electrons. The van der Waals surface area contributed by atoms with Gasteiger partial charge >= 0.3 is 0 Å². The van der Waals surface area contributed by atoms with Crippen molar-refractivity contribution in [2.24, 2.45) is 5.92 Å². The molecule has 1 aliphatic carbocycles. The summed E-state index contributed by atoms with van der Waals surface area (Å²) in [4.78, 5) is 21.7. The van der Waals surface area contributed by atoms with Gasteiger partial charge < -0.3 is 9.64 Å². The van der Waals surface area contributed by atoms with Crippen molar-refractivity contribution >= 4 is 17.5 Å². The van der Waals surface area contributed by atoms with E-state index < -0.39 is 0 Å². The summed E-state index contributed by atoms with van der Waals surface area (Å²) >= 11 is 5.97. The van der Waals surface area contributed by atoms with Gasteiger partial charge in [-0.2, -0.15) is 10.2 Å². The lowest BCUT2D eigenvalue weighted by Crippen LogP contribution is -2.67. The standard InChI is InChI=1S/C22H22ClN5O2/c1-15-2-7-19(28-24-9-10-25-28)20(26-15)21(29)27-11-8-16-12-22(27,13-16)14-30-18-5-3-17(23)4-6-18/h2-7,9-10,16H,8,11-14H2,1H3. The van der Waals surface area contributed by atoms with Crippen LogP contribution in [0.15, 0.2) is 48.8 Å². The van der Waals surface area contributed by atoms with Crippen LogP contribution in [0.4, 0.5) is 0 Å². The first-order valence-corrected chi connectivity index (χ1v) is 10.5. The zero-order valence-electron chi connectivity index (χ0n) is 16.7. The van der Waals surface area contributed by atoms with E-state index in [1.54, 1.807) is 12.4 Å². The summed E-state index contributed by atoms with van der Waals surface area (Å²) in [6.07, 6.45) is 6.09. The molecule has 0 spiro atoms. The maximum atomic E-state index is 13.7. The van der Waals surface area contributed by atoms with Gasteiger partial charge in [0, 0.05) is 17.3 Å². The first kappa shape index (κ1) is 19.1. The lowest BCUT2D eigenvalue weighted by Gasteiger charge is -2.58. The zero-order valence-corrected chi connectivity index (χ0v) is 17.4. The number of aryl methyl sites for hydroxylation is 1. The maximum Gasteiger partial charge on any atom is 0.275 e. The van der Waals surface area contributed by atoms with Crippen LogP contribution in [0.5, 0.6) is 5.75 Å². The number of benzene rings is 1. The van der Waals surface area contributed by atoms with Crippen molar-refractivity contribution in [3.8, 4) is 11.4 Å². The van der Waals surface area contributed by atoms with Crippen molar-refractivity contribution in [2.45, 2.75) is 31.7 Å². The number of rotatable bonds is 5. The molecule has 1 amide bonds. The molecule has 8 heteroatoms. The fourth-order valence-corrected chi connectivity index (χ4v) is 4.71. The number of pyridine rings is 1. The molecule has 3 aliphatic rings. The van der Waals surface area contributed by atoms with Crippen LogP contribution < -0.4 is 4.74 Å². The largest absolute Gasteiger partial charge is 0.491 e. The minimum absolute atomic E-state index is 0.0937. The summed E-state index contributed by atoms with van der Waals surface area (Å²) in [7, 11) is 0. The molecule has 0 unspecified atom stereocenters. The topological polar surface area (TPSA) is 73.1 Å². The zero-order chi connectivity index (χ0) is 20.7. The molecule has 0 N–H and O–H groups in total. The quantitative estimate of drug-likeness (QED) is 0.625. The molecule has 7 nitrogen and oxygen atoms in total. The third-order valence-corrected chi connectivity index (χ3v) is 6.34. The van der Waals surface area contributed by atoms with E-state index in [9.17, 15) is 4.79 Å². The summed E-state index contributed by atoms with van der Waals surface area (Å²) in [5.41, 5.74) is 1.44. The highest BCUT2D eigenvalue weighted by atomic mass is 35.5. The lowest BCUT2D eigenvalue weighted by molar-refractivity contribution is -0.0798. The number of ether oxygens (including phenoxy) is 1. The van der Waals surface area contributed by atoms with Gasteiger partial charge in [0.1, 0.15) is 18.0 Å². The Morgan fingerprint density at radius 3 is 2.63 bits per heavy atom. The molecule has 0 atom stereocenters. The Balaban J connectivity index is 1.43. The van der Waals surface area contributed by atoms with Crippen LogP contribution in [0.1, 0.15) is 35.4 Å². The van der Waals surface area contributed by atoms with Crippen LogP contribution in [-0.4, -0.2) is 49.5 Å². The number of fused-ring (bicyclic) bond motifs is 2. The van der Waals surface area contributed by atoms with Gasteiger partial charge in [-0.25, -0.2) is 4.98 Å². The van der Waals surface area contributed by atoms with Crippen molar-refractivity contribution in [1.29, 1.82) is 0 Å². The highest BCUT2D eigenvalue weighted by Gasteiger charge is 2.55. The number of amides is 1. The molecule has 154 valence electrons. The van der Waals surface area contributed by atoms with E-state index in [0.717, 1.165) is 30.7 Å². The Labute approximate surface area is 179 Å². The van der Waals surface area contributed by atoms with Crippen molar-refractivity contribution in [3.63, 3.8) is 0 Å². The lowest BCUT2D eigenvalue weighted by atomic mass is 9.63. The molecule has 2 saturated heterocycles. The highest BCUT2D eigenvalue weighted by molar-refractivity contribution is 6.30. The van der Waals surface area contributed by atoms with Crippen molar-refractivity contribution in [1.82, 2.24) is 24.9 Å². The van der Waals surface area contributed by atoms with Gasteiger partial charge in [0.25, 0.3) is 5.91 Å². The maximum absolute atomic E-state index is 13.7. The summed E-state index contributed by atoms with van der Waals surface area (Å²) in [6, 6.07) is 11.0. The van der Waals surface area contributed by atoms with E-state index >= 15 is 0 Å². The number of hydrogen-bond donors (Lipinski definition) is 0. The molecule has 3 aromatic rings. The van der Waals surface area contributed by atoms with Gasteiger partial charge in [-0.3, -0.25) is 4.79 Å². The predicted molar refractivity (Wildman–Crippen MR) is 112 cm³/mol. The van der Waals surface area contributed by atoms with Crippen LogP contribution in [0.2, 0.25) is 5.02 Å². The Kier molecular flexibility index (Phi) is 4.70. The first-order valence-electron chi connectivity index (χ1n) is 10.1. The molecule has 2 bridgehead atoms. The number of halogens is 1. The Bertz CT molecular complexity index is 1060. The van der Waals surface area contributed by atoms with Crippen molar-refractivity contribution < 1.29 is 9.53 Å². The first-order chi connectivity index (χ1) is 14.5. The normalized spacial score (nSPS) is 22.5. The second kappa shape index (κ2) is 7.40. The van der Waals surface area contributed by atoms with Gasteiger partial charge in [-0.05, 0) is 68.5 Å². The van der Waals surface area contributed by atoms with E-state index in [4.69, 9.17) is 16.3 Å². The SMILES string of the molecule is Cc1ccc(-n2nccn2)c(C(=O)N2CCC3CC2(COc2ccc(Cl)cc2)C3)n1. The van der Waals surface area contributed by atoms with Gasteiger partial charge in [0.05, 0.1) is 17.9 Å². The minimum Gasteiger partial charge on any atom is -0.491 e.